The summed E-state index contributed by atoms with van der Waals surface area (Å²) < 4.78 is 0. The Balaban J connectivity index is 1.82. The van der Waals surface area contributed by atoms with Gasteiger partial charge in [0.15, 0.2) is 0 Å². The number of rotatable bonds is 5. The Labute approximate surface area is 135 Å². The van der Waals surface area contributed by atoms with E-state index in [1.165, 1.54) is 16.0 Å². The minimum Gasteiger partial charge on any atom is -0.326 e. The smallest absolute Gasteiger partial charge is 0.225 e. The highest BCUT2D eigenvalue weighted by atomic mass is 32.2. The molecule has 2 aromatic rings. The molecule has 0 aromatic heterocycles. The summed E-state index contributed by atoms with van der Waals surface area (Å²) in [6.45, 7) is 4.18. The largest absolute Gasteiger partial charge is 0.326 e. The second-order valence-corrected chi connectivity index (χ2v) is 6.25. The van der Waals surface area contributed by atoms with Crippen molar-refractivity contribution in [2.24, 2.45) is 0 Å². The number of carbonyl (C=O) groups is 1. The number of benzene rings is 2. The average Bonchev–Trinajstić information content (AvgIpc) is 2.51. The van der Waals surface area contributed by atoms with Gasteiger partial charge in [-0.15, -0.1) is 11.8 Å². The van der Waals surface area contributed by atoms with Gasteiger partial charge in [-0.3, -0.25) is 4.79 Å². The molecule has 0 bridgehead atoms. The molecule has 0 heterocycles. The summed E-state index contributed by atoms with van der Waals surface area (Å²) in [6, 6.07) is 15.3. The lowest BCUT2D eigenvalue weighted by molar-refractivity contribution is -0.115. The highest BCUT2D eigenvalue weighted by molar-refractivity contribution is 7.99. The lowest BCUT2D eigenvalue weighted by Crippen LogP contribution is -2.12. The second kappa shape index (κ2) is 7.67. The Bertz CT molecular complexity index is 719. The van der Waals surface area contributed by atoms with Gasteiger partial charge in [-0.1, -0.05) is 12.1 Å². The van der Waals surface area contributed by atoms with E-state index >= 15 is 0 Å². The first kappa shape index (κ1) is 16.1. The SMILES string of the molecule is Cc1ccc(SCCC(=O)Nc2cccc(C#N)c2)cc1C. The Hall–Kier alpha value is -2.25. The summed E-state index contributed by atoms with van der Waals surface area (Å²) >= 11 is 1.68. The zero-order valence-electron chi connectivity index (χ0n) is 12.7. The summed E-state index contributed by atoms with van der Waals surface area (Å²) in [7, 11) is 0. The van der Waals surface area contributed by atoms with Crippen LogP contribution < -0.4 is 5.32 Å². The van der Waals surface area contributed by atoms with Gasteiger partial charge in [-0.2, -0.15) is 5.26 Å². The van der Waals surface area contributed by atoms with Gasteiger partial charge in [0.1, 0.15) is 0 Å². The molecule has 0 aliphatic rings. The second-order valence-electron chi connectivity index (χ2n) is 5.09. The fourth-order valence-corrected chi connectivity index (χ4v) is 2.90. The molecule has 0 aliphatic carbocycles. The molecule has 2 aromatic carbocycles. The predicted octanol–water partition coefficient (Wildman–Crippen LogP) is 4.30. The summed E-state index contributed by atoms with van der Waals surface area (Å²) in [5.41, 5.74) is 3.75. The van der Waals surface area contributed by atoms with E-state index in [1.54, 1.807) is 36.0 Å². The van der Waals surface area contributed by atoms with Crippen LogP contribution in [0.1, 0.15) is 23.1 Å². The van der Waals surface area contributed by atoms with Crippen LogP contribution in [0.3, 0.4) is 0 Å². The van der Waals surface area contributed by atoms with Gasteiger partial charge in [-0.25, -0.2) is 0 Å². The quantitative estimate of drug-likeness (QED) is 0.838. The van der Waals surface area contributed by atoms with Gasteiger partial charge in [0.05, 0.1) is 11.6 Å². The van der Waals surface area contributed by atoms with E-state index in [0.29, 0.717) is 17.7 Å². The summed E-state index contributed by atoms with van der Waals surface area (Å²) in [6.07, 6.45) is 0.439. The van der Waals surface area contributed by atoms with Crippen molar-refractivity contribution in [3.8, 4) is 6.07 Å². The number of aryl methyl sites for hydroxylation is 2. The fraction of sp³-hybridized carbons (Fsp3) is 0.222. The maximum atomic E-state index is 11.9. The molecule has 112 valence electrons. The van der Waals surface area contributed by atoms with Gasteiger partial charge in [-0.05, 0) is 55.3 Å². The Morgan fingerprint density at radius 2 is 2.00 bits per heavy atom. The number of carbonyl (C=O) groups excluding carboxylic acids is 1. The first-order chi connectivity index (χ1) is 10.6. The van der Waals surface area contributed by atoms with Crippen LogP contribution in [-0.2, 0) is 4.79 Å². The summed E-state index contributed by atoms with van der Waals surface area (Å²) in [5, 5.41) is 11.7. The maximum Gasteiger partial charge on any atom is 0.225 e. The molecule has 22 heavy (non-hydrogen) atoms. The van der Waals surface area contributed by atoms with Crippen molar-refractivity contribution in [2.45, 2.75) is 25.2 Å². The van der Waals surface area contributed by atoms with Gasteiger partial charge in [0.2, 0.25) is 5.91 Å². The van der Waals surface area contributed by atoms with Crippen LogP contribution in [0, 0.1) is 25.2 Å². The Morgan fingerprint density at radius 3 is 2.73 bits per heavy atom. The number of nitriles is 1. The van der Waals surface area contributed by atoms with E-state index in [4.69, 9.17) is 5.26 Å². The summed E-state index contributed by atoms with van der Waals surface area (Å²) in [5.74, 6) is 0.693. The molecule has 0 spiro atoms. The van der Waals surface area contributed by atoms with E-state index in [2.05, 4.69) is 43.4 Å². The van der Waals surface area contributed by atoms with Crippen molar-refractivity contribution in [1.82, 2.24) is 0 Å². The van der Waals surface area contributed by atoms with Crippen LogP contribution in [0.5, 0.6) is 0 Å². The number of thioether (sulfide) groups is 1. The van der Waals surface area contributed by atoms with Gasteiger partial charge in [0.25, 0.3) is 0 Å². The van der Waals surface area contributed by atoms with Crippen LogP contribution >= 0.6 is 11.8 Å². The van der Waals surface area contributed by atoms with Crippen LogP contribution in [0.25, 0.3) is 0 Å². The third-order valence-corrected chi connectivity index (χ3v) is 4.35. The van der Waals surface area contributed by atoms with Crippen LogP contribution in [0.2, 0.25) is 0 Å². The standard InChI is InChI=1S/C18H18N2OS/c1-13-6-7-17(10-14(13)2)22-9-8-18(21)20-16-5-3-4-15(11-16)12-19/h3-7,10-11H,8-9H2,1-2H3,(H,20,21). The molecule has 0 radical (unpaired) electrons. The predicted molar refractivity (Wildman–Crippen MR) is 91.0 cm³/mol. The number of amides is 1. The van der Waals surface area contributed by atoms with Gasteiger partial charge < -0.3 is 5.32 Å². The molecule has 0 unspecified atom stereocenters. The van der Waals surface area contributed by atoms with E-state index < -0.39 is 0 Å². The number of anilines is 1. The van der Waals surface area contributed by atoms with Gasteiger partial charge >= 0.3 is 0 Å². The molecule has 0 aliphatic heterocycles. The maximum absolute atomic E-state index is 11.9. The minimum absolute atomic E-state index is 0.0357. The zero-order chi connectivity index (χ0) is 15.9. The molecular weight excluding hydrogens is 292 g/mol. The molecular formula is C18H18N2OS. The molecule has 0 saturated carbocycles. The highest BCUT2D eigenvalue weighted by Gasteiger charge is 2.04. The molecule has 0 atom stereocenters. The number of hydrogen-bond donors (Lipinski definition) is 1. The fourth-order valence-electron chi connectivity index (χ4n) is 1.96. The monoisotopic (exact) mass is 310 g/mol. The van der Waals surface area contributed by atoms with E-state index in [9.17, 15) is 4.79 Å². The average molecular weight is 310 g/mol. The van der Waals surface area contributed by atoms with Crippen molar-refractivity contribution < 1.29 is 4.79 Å². The Kier molecular flexibility index (Phi) is 5.62. The lowest BCUT2D eigenvalue weighted by atomic mass is 10.1. The van der Waals surface area contributed by atoms with Crippen LogP contribution in [0.15, 0.2) is 47.4 Å². The van der Waals surface area contributed by atoms with E-state index in [-0.39, 0.29) is 5.91 Å². The zero-order valence-corrected chi connectivity index (χ0v) is 13.5. The molecule has 3 nitrogen and oxygen atoms in total. The third kappa shape index (κ3) is 4.64. The van der Waals surface area contributed by atoms with E-state index in [0.717, 1.165) is 5.75 Å². The van der Waals surface area contributed by atoms with Crippen molar-refractivity contribution in [2.75, 3.05) is 11.1 Å². The normalized spacial score (nSPS) is 10.0. The first-order valence-corrected chi connectivity index (χ1v) is 8.07. The number of nitrogens with one attached hydrogen (secondary N) is 1. The van der Waals surface area contributed by atoms with Gasteiger partial charge in [0, 0.05) is 22.8 Å². The molecule has 1 N–H and O–H groups in total. The third-order valence-electron chi connectivity index (χ3n) is 3.35. The van der Waals surface area contributed by atoms with Crippen molar-refractivity contribution in [1.29, 1.82) is 5.26 Å². The first-order valence-electron chi connectivity index (χ1n) is 7.08. The lowest BCUT2D eigenvalue weighted by Gasteiger charge is -2.07. The summed E-state index contributed by atoms with van der Waals surface area (Å²) in [4.78, 5) is 13.1. The molecule has 1 amide bonds. The molecule has 0 fully saturated rings. The molecule has 4 heteroatoms. The molecule has 0 saturated heterocycles. The van der Waals surface area contributed by atoms with E-state index in [1.807, 2.05) is 0 Å². The number of hydrogen-bond acceptors (Lipinski definition) is 3. The number of nitrogens with zero attached hydrogens (tertiary/aromatic N) is 1. The van der Waals surface area contributed by atoms with Crippen molar-refractivity contribution >= 4 is 23.4 Å². The topological polar surface area (TPSA) is 52.9 Å². The van der Waals surface area contributed by atoms with Crippen LogP contribution in [0.4, 0.5) is 5.69 Å². The minimum atomic E-state index is -0.0357. The Morgan fingerprint density at radius 1 is 1.18 bits per heavy atom. The highest BCUT2D eigenvalue weighted by Crippen LogP contribution is 2.22. The molecule has 2 rings (SSSR count). The van der Waals surface area contributed by atoms with Crippen LogP contribution in [-0.4, -0.2) is 11.7 Å². The van der Waals surface area contributed by atoms with Crippen molar-refractivity contribution in [3.05, 3.63) is 59.2 Å². The van der Waals surface area contributed by atoms with Crippen molar-refractivity contribution in [3.63, 3.8) is 0 Å².